The Balaban J connectivity index is 2.35. The smallest absolute Gasteiger partial charge is 0.468 e. The Morgan fingerprint density at radius 1 is 0.814 bits per heavy atom. The van der Waals surface area contributed by atoms with Crippen molar-refractivity contribution in [3.8, 4) is 11.5 Å². The molecule has 0 heterocycles. The van der Waals surface area contributed by atoms with Gasteiger partial charge in [0.25, 0.3) is 0 Å². The van der Waals surface area contributed by atoms with Gasteiger partial charge >= 0.3 is 24.2 Å². The first-order valence-corrected chi connectivity index (χ1v) is 14.1. The summed E-state index contributed by atoms with van der Waals surface area (Å²) in [5, 5.41) is 0. The Labute approximate surface area is 252 Å². The normalized spacial score (nSPS) is 13.6. The van der Waals surface area contributed by atoms with E-state index >= 15 is 0 Å². The maximum absolute atomic E-state index is 12.9. The Hall–Kier alpha value is -4.12. The summed E-state index contributed by atoms with van der Waals surface area (Å²) in [5.41, 5.74) is 4.09. The van der Waals surface area contributed by atoms with Crippen molar-refractivity contribution in [1.82, 2.24) is 0 Å². The molecule has 0 aliphatic rings. The van der Waals surface area contributed by atoms with Crippen LogP contribution in [0.5, 0.6) is 11.5 Å². The number of hydrogen-bond donors (Lipinski definition) is 1. The highest BCUT2D eigenvalue weighted by Gasteiger charge is 2.38. The van der Waals surface area contributed by atoms with E-state index in [9.17, 15) is 19.2 Å². The van der Waals surface area contributed by atoms with E-state index in [4.69, 9.17) is 34.2 Å². The average Bonchev–Trinajstić information content (AvgIpc) is 2.93. The van der Waals surface area contributed by atoms with Gasteiger partial charge < -0.3 is 34.2 Å². The molecule has 2 aromatic rings. The average molecular weight is 602 g/mol. The molecule has 236 valence electrons. The minimum absolute atomic E-state index is 0.0855. The minimum Gasteiger partial charge on any atom is -0.468 e. The van der Waals surface area contributed by atoms with Crippen molar-refractivity contribution < 1.29 is 47.6 Å². The summed E-state index contributed by atoms with van der Waals surface area (Å²) in [6.45, 7) is 12.2. The van der Waals surface area contributed by atoms with E-state index in [1.54, 1.807) is 71.0 Å². The second kappa shape index (κ2) is 14.9. The van der Waals surface area contributed by atoms with Crippen LogP contribution < -0.4 is 15.2 Å². The Morgan fingerprint density at radius 2 is 1.35 bits per heavy atom. The van der Waals surface area contributed by atoms with E-state index < -0.39 is 47.1 Å². The van der Waals surface area contributed by atoms with E-state index in [0.29, 0.717) is 24.0 Å². The van der Waals surface area contributed by atoms with Crippen molar-refractivity contribution in [3.63, 3.8) is 0 Å². The molecule has 43 heavy (non-hydrogen) atoms. The van der Waals surface area contributed by atoms with Gasteiger partial charge in [0.1, 0.15) is 22.8 Å². The highest BCUT2D eigenvalue weighted by molar-refractivity contribution is 5.89. The summed E-state index contributed by atoms with van der Waals surface area (Å²) >= 11 is 0. The second-order valence-corrected chi connectivity index (χ2v) is 11.5. The van der Waals surface area contributed by atoms with Crippen molar-refractivity contribution in [1.29, 1.82) is 0 Å². The van der Waals surface area contributed by atoms with E-state index in [2.05, 4.69) is 0 Å². The molecule has 11 heteroatoms. The molecule has 2 rings (SSSR count). The van der Waals surface area contributed by atoms with E-state index in [0.717, 1.165) is 0 Å². The predicted octanol–water partition coefficient (Wildman–Crippen LogP) is 6.14. The zero-order valence-electron chi connectivity index (χ0n) is 26.2. The molecule has 0 aromatic heterocycles. The molecular formula is C32H43NO10. The summed E-state index contributed by atoms with van der Waals surface area (Å²) in [6, 6.07) is 12.8. The molecule has 2 atom stereocenters. The van der Waals surface area contributed by atoms with Gasteiger partial charge in [0, 0.05) is 12.8 Å². The summed E-state index contributed by atoms with van der Waals surface area (Å²) < 4.78 is 32.1. The number of carbonyl (C=O) groups excluding carboxylic acids is 4. The third kappa shape index (κ3) is 10.9. The van der Waals surface area contributed by atoms with Crippen LogP contribution in [-0.4, -0.2) is 54.2 Å². The Morgan fingerprint density at radius 3 is 1.86 bits per heavy atom. The number of esters is 2. The lowest BCUT2D eigenvalue weighted by atomic mass is 9.86. The maximum atomic E-state index is 12.9. The number of methoxy groups -OCH3 is 1. The molecule has 0 aliphatic carbocycles. The first-order valence-electron chi connectivity index (χ1n) is 14.1. The van der Waals surface area contributed by atoms with Gasteiger partial charge in [0.2, 0.25) is 0 Å². The fourth-order valence-corrected chi connectivity index (χ4v) is 3.82. The first-order chi connectivity index (χ1) is 20.0. The summed E-state index contributed by atoms with van der Waals surface area (Å²) in [7, 11) is 1.20. The van der Waals surface area contributed by atoms with Crippen LogP contribution in [0.2, 0.25) is 0 Å². The van der Waals surface area contributed by atoms with Crippen molar-refractivity contribution in [2.45, 2.75) is 97.0 Å². The van der Waals surface area contributed by atoms with E-state index in [1.165, 1.54) is 19.2 Å². The molecule has 0 saturated carbocycles. The standard InChI is InChI=1S/C32H43NO10/c1-9-30(4,5)42-28(36)40-24-17-16-22(18-25(24)41-29(37)43-31(6,7)10-2)20-32(33,27(35)38-8)19-21(3)39-26(34)23-14-12-11-13-15-23/h11-18,21H,9-10,19-20,33H2,1-8H3/t21-,32?/m0/s1. The van der Waals surface area contributed by atoms with Crippen LogP contribution in [0.15, 0.2) is 48.5 Å². The fraction of sp³-hybridized carbons (Fsp3) is 0.500. The number of hydrogen-bond acceptors (Lipinski definition) is 11. The van der Waals surface area contributed by atoms with E-state index in [1.807, 2.05) is 13.8 Å². The third-order valence-corrected chi connectivity index (χ3v) is 6.90. The van der Waals surface area contributed by atoms with Crippen molar-refractivity contribution in [2.24, 2.45) is 5.73 Å². The second-order valence-electron chi connectivity index (χ2n) is 11.5. The van der Waals surface area contributed by atoms with Gasteiger partial charge in [-0.2, -0.15) is 0 Å². The highest BCUT2D eigenvalue weighted by atomic mass is 16.8. The van der Waals surface area contributed by atoms with Crippen LogP contribution in [0.4, 0.5) is 9.59 Å². The molecule has 1 unspecified atom stereocenters. The van der Waals surface area contributed by atoms with Crippen LogP contribution in [0.1, 0.15) is 83.7 Å². The van der Waals surface area contributed by atoms with Gasteiger partial charge in [-0.05, 0) is 77.3 Å². The molecule has 0 saturated heterocycles. The predicted molar refractivity (Wildman–Crippen MR) is 158 cm³/mol. The molecule has 0 aliphatic heterocycles. The largest absolute Gasteiger partial charge is 0.514 e. The fourth-order valence-electron chi connectivity index (χ4n) is 3.82. The molecular weight excluding hydrogens is 558 g/mol. The van der Waals surface area contributed by atoms with Crippen molar-refractivity contribution in [3.05, 3.63) is 59.7 Å². The van der Waals surface area contributed by atoms with Crippen molar-refractivity contribution >= 4 is 24.2 Å². The lowest BCUT2D eigenvalue weighted by Gasteiger charge is -2.29. The monoisotopic (exact) mass is 601 g/mol. The minimum atomic E-state index is -1.64. The molecule has 0 spiro atoms. The van der Waals surface area contributed by atoms with Crippen LogP contribution >= 0.6 is 0 Å². The lowest BCUT2D eigenvalue weighted by Crippen LogP contribution is -2.53. The first kappa shape index (κ1) is 35.1. The lowest BCUT2D eigenvalue weighted by molar-refractivity contribution is -0.148. The topological polar surface area (TPSA) is 150 Å². The molecule has 0 fully saturated rings. The van der Waals surface area contributed by atoms with Crippen LogP contribution in [0, 0.1) is 0 Å². The van der Waals surface area contributed by atoms with Gasteiger partial charge in [0.15, 0.2) is 11.5 Å². The summed E-state index contributed by atoms with van der Waals surface area (Å²) in [4.78, 5) is 50.6. The quantitative estimate of drug-likeness (QED) is 0.160. The van der Waals surface area contributed by atoms with Crippen LogP contribution in [-0.2, 0) is 30.2 Å². The van der Waals surface area contributed by atoms with Gasteiger partial charge in [0.05, 0.1) is 12.7 Å². The number of carbonyl (C=O) groups is 4. The molecule has 0 bridgehead atoms. The van der Waals surface area contributed by atoms with E-state index in [-0.39, 0.29) is 24.3 Å². The van der Waals surface area contributed by atoms with Gasteiger partial charge in [-0.15, -0.1) is 0 Å². The van der Waals surface area contributed by atoms with Gasteiger partial charge in [-0.1, -0.05) is 38.1 Å². The number of benzene rings is 2. The number of ether oxygens (including phenoxy) is 6. The van der Waals surface area contributed by atoms with Crippen LogP contribution in [0.3, 0.4) is 0 Å². The zero-order valence-corrected chi connectivity index (χ0v) is 26.2. The maximum Gasteiger partial charge on any atom is 0.514 e. The molecule has 0 amide bonds. The molecule has 2 N–H and O–H groups in total. The van der Waals surface area contributed by atoms with Gasteiger partial charge in [-0.25, -0.2) is 14.4 Å². The van der Waals surface area contributed by atoms with Gasteiger partial charge in [-0.3, -0.25) is 4.79 Å². The van der Waals surface area contributed by atoms with Crippen molar-refractivity contribution in [2.75, 3.05) is 7.11 Å². The Bertz CT molecular complexity index is 1270. The summed E-state index contributed by atoms with van der Waals surface area (Å²) in [5.74, 6) is -1.58. The van der Waals surface area contributed by atoms with Crippen LogP contribution in [0.25, 0.3) is 0 Å². The highest BCUT2D eigenvalue weighted by Crippen LogP contribution is 2.33. The third-order valence-electron chi connectivity index (χ3n) is 6.90. The molecule has 0 radical (unpaired) electrons. The Kier molecular flexibility index (Phi) is 12.1. The molecule has 2 aromatic carbocycles. The number of nitrogens with two attached hydrogens (primary N) is 1. The summed E-state index contributed by atoms with van der Waals surface area (Å²) in [6.07, 6.45) is -1.92. The number of rotatable bonds is 13. The SMILES string of the molecule is CCC(C)(C)OC(=O)Oc1ccc(CC(N)(C[C@H](C)OC(=O)c2ccccc2)C(=O)OC)cc1OC(=O)OC(C)(C)CC. The zero-order chi connectivity index (χ0) is 32.4. The molecule has 11 nitrogen and oxygen atoms in total.